The standard InChI is InChI=1S/C14H19O/c1-4-15-13-9-5-8-12-11(13)7-6-10-14(12,2)3/h5,8-9H,1,4,6-7,10H2,2-3H3. The third-order valence-electron chi connectivity index (χ3n) is 3.35. The van der Waals surface area contributed by atoms with E-state index in [1.807, 2.05) is 0 Å². The molecule has 0 saturated carbocycles. The highest BCUT2D eigenvalue weighted by Crippen LogP contribution is 2.40. The lowest BCUT2D eigenvalue weighted by Gasteiger charge is -2.33. The number of rotatable bonds is 2. The Morgan fingerprint density at radius 2 is 2.20 bits per heavy atom. The Hall–Kier alpha value is -0.980. The first-order chi connectivity index (χ1) is 7.15. The van der Waals surface area contributed by atoms with Gasteiger partial charge in [0.2, 0.25) is 0 Å². The van der Waals surface area contributed by atoms with Crippen molar-refractivity contribution in [2.24, 2.45) is 0 Å². The van der Waals surface area contributed by atoms with Crippen LogP contribution in [-0.4, -0.2) is 6.61 Å². The lowest BCUT2D eigenvalue weighted by molar-refractivity contribution is 0.346. The fraction of sp³-hybridized carbons (Fsp3) is 0.500. The number of hydrogen-bond acceptors (Lipinski definition) is 1. The molecule has 81 valence electrons. The van der Waals surface area contributed by atoms with E-state index in [-0.39, 0.29) is 0 Å². The lowest BCUT2D eigenvalue weighted by Crippen LogP contribution is -2.24. The Balaban J connectivity index is 2.46. The molecule has 1 aliphatic rings. The summed E-state index contributed by atoms with van der Waals surface area (Å²) in [6, 6.07) is 6.40. The molecule has 1 aromatic rings. The van der Waals surface area contributed by atoms with Gasteiger partial charge in [-0.05, 0) is 48.8 Å². The Morgan fingerprint density at radius 1 is 1.40 bits per heavy atom. The largest absolute Gasteiger partial charge is 0.493 e. The number of ether oxygens (including phenoxy) is 1. The summed E-state index contributed by atoms with van der Waals surface area (Å²) in [5, 5.41) is 0. The molecule has 0 atom stereocenters. The summed E-state index contributed by atoms with van der Waals surface area (Å²) in [6.07, 6.45) is 3.68. The van der Waals surface area contributed by atoms with Gasteiger partial charge in [0, 0.05) is 0 Å². The summed E-state index contributed by atoms with van der Waals surface area (Å²) in [6.45, 7) is 8.89. The molecule has 0 fully saturated rings. The Morgan fingerprint density at radius 3 is 2.93 bits per heavy atom. The van der Waals surface area contributed by atoms with Crippen molar-refractivity contribution in [2.75, 3.05) is 6.61 Å². The van der Waals surface area contributed by atoms with Crippen LogP contribution in [-0.2, 0) is 11.8 Å². The third kappa shape index (κ3) is 1.88. The lowest BCUT2D eigenvalue weighted by atomic mass is 9.72. The molecule has 0 spiro atoms. The van der Waals surface area contributed by atoms with Crippen LogP contribution in [0.2, 0.25) is 0 Å². The van der Waals surface area contributed by atoms with Gasteiger partial charge in [0.15, 0.2) is 0 Å². The van der Waals surface area contributed by atoms with Crippen LogP contribution in [0.25, 0.3) is 0 Å². The quantitative estimate of drug-likeness (QED) is 0.714. The molecule has 1 aromatic carbocycles. The first-order valence-electron chi connectivity index (χ1n) is 5.69. The van der Waals surface area contributed by atoms with Crippen LogP contribution in [0.3, 0.4) is 0 Å². The van der Waals surface area contributed by atoms with Crippen LogP contribution in [0.4, 0.5) is 0 Å². The second-order valence-electron chi connectivity index (χ2n) is 4.87. The zero-order valence-electron chi connectivity index (χ0n) is 9.68. The summed E-state index contributed by atoms with van der Waals surface area (Å²) in [7, 11) is 0. The first-order valence-corrected chi connectivity index (χ1v) is 5.69. The van der Waals surface area contributed by atoms with Crippen molar-refractivity contribution in [1.82, 2.24) is 0 Å². The molecular formula is C14H19O. The maximum atomic E-state index is 5.59. The Kier molecular flexibility index (Phi) is 2.72. The fourth-order valence-corrected chi connectivity index (χ4v) is 2.54. The summed E-state index contributed by atoms with van der Waals surface area (Å²) in [5.41, 5.74) is 3.16. The molecule has 1 radical (unpaired) electrons. The van der Waals surface area contributed by atoms with Crippen molar-refractivity contribution in [3.8, 4) is 5.75 Å². The zero-order chi connectivity index (χ0) is 10.9. The maximum Gasteiger partial charge on any atom is 0.122 e. The topological polar surface area (TPSA) is 9.23 Å². The molecule has 0 aliphatic heterocycles. The average Bonchev–Trinajstić information content (AvgIpc) is 2.19. The average molecular weight is 203 g/mol. The van der Waals surface area contributed by atoms with Crippen LogP contribution in [0.5, 0.6) is 5.75 Å². The van der Waals surface area contributed by atoms with Crippen molar-refractivity contribution in [2.45, 2.75) is 38.5 Å². The van der Waals surface area contributed by atoms with Gasteiger partial charge in [-0.1, -0.05) is 26.0 Å². The van der Waals surface area contributed by atoms with Gasteiger partial charge >= 0.3 is 0 Å². The van der Waals surface area contributed by atoms with Gasteiger partial charge in [0.25, 0.3) is 0 Å². The summed E-state index contributed by atoms with van der Waals surface area (Å²) in [5.74, 6) is 1.04. The van der Waals surface area contributed by atoms with E-state index in [4.69, 9.17) is 4.74 Å². The molecule has 1 heteroatoms. The summed E-state index contributed by atoms with van der Waals surface area (Å²) in [4.78, 5) is 0. The van der Waals surface area contributed by atoms with Crippen molar-refractivity contribution in [3.05, 3.63) is 36.2 Å². The molecule has 0 saturated heterocycles. The van der Waals surface area contributed by atoms with Crippen LogP contribution in [0.15, 0.2) is 18.2 Å². The smallest absolute Gasteiger partial charge is 0.122 e. The number of hydrogen-bond donors (Lipinski definition) is 0. The fourth-order valence-electron chi connectivity index (χ4n) is 2.54. The van der Waals surface area contributed by atoms with Crippen molar-refractivity contribution >= 4 is 0 Å². The van der Waals surface area contributed by atoms with Crippen LogP contribution < -0.4 is 4.74 Å². The molecule has 0 heterocycles. The van der Waals surface area contributed by atoms with E-state index in [0.29, 0.717) is 12.0 Å². The number of fused-ring (bicyclic) bond motifs is 1. The predicted octanol–water partition coefficient (Wildman–Crippen LogP) is 3.51. The van der Waals surface area contributed by atoms with Gasteiger partial charge in [0.05, 0.1) is 6.61 Å². The molecule has 1 nitrogen and oxygen atoms in total. The molecule has 0 aromatic heterocycles. The second kappa shape index (κ2) is 3.88. The predicted molar refractivity (Wildman–Crippen MR) is 63.3 cm³/mol. The minimum Gasteiger partial charge on any atom is -0.493 e. The summed E-state index contributed by atoms with van der Waals surface area (Å²) >= 11 is 0. The van der Waals surface area contributed by atoms with E-state index >= 15 is 0 Å². The molecule has 2 rings (SSSR count). The molecule has 0 amide bonds. The molecule has 0 bridgehead atoms. The van der Waals surface area contributed by atoms with Gasteiger partial charge < -0.3 is 4.74 Å². The molecule has 0 unspecified atom stereocenters. The highest BCUT2D eigenvalue weighted by atomic mass is 16.5. The first kappa shape index (κ1) is 10.5. The van der Waals surface area contributed by atoms with Gasteiger partial charge in [-0.3, -0.25) is 0 Å². The van der Waals surface area contributed by atoms with Crippen LogP contribution in [0, 0.1) is 6.92 Å². The van der Waals surface area contributed by atoms with E-state index in [0.717, 1.165) is 12.2 Å². The van der Waals surface area contributed by atoms with Gasteiger partial charge in [-0.15, -0.1) is 0 Å². The van der Waals surface area contributed by atoms with E-state index in [9.17, 15) is 0 Å². The second-order valence-corrected chi connectivity index (χ2v) is 4.87. The molecule has 1 aliphatic carbocycles. The van der Waals surface area contributed by atoms with E-state index in [1.54, 1.807) is 0 Å². The molecular weight excluding hydrogens is 184 g/mol. The van der Waals surface area contributed by atoms with E-state index in [2.05, 4.69) is 39.0 Å². The molecule has 15 heavy (non-hydrogen) atoms. The van der Waals surface area contributed by atoms with E-state index < -0.39 is 0 Å². The normalized spacial score (nSPS) is 18.3. The van der Waals surface area contributed by atoms with Crippen molar-refractivity contribution in [3.63, 3.8) is 0 Å². The third-order valence-corrected chi connectivity index (χ3v) is 3.35. The van der Waals surface area contributed by atoms with E-state index in [1.165, 1.54) is 24.0 Å². The van der Waals surface area contributed by atoms with Crippen molar-refractivity contribution in [1.29, 1.82) is 0 Å². The molecule has 0 N–H and O–H groups in total. The monoisotopic (exact) mass is 203 g/mol. The minimum absolute atomic E-state index is 0.300. The number of benzene rings is 1. The zero-order valence-corrected chi connectivity index (χ0v) is 9.68. The van der Waals surface area contributed by atoms with Crippen LogP contribution in [0.1, 0.15) is 37.8 Å². The van der Waals surface area contributed by atoms with Crippen LogP contribution >= 0.6 is 0 Å². The summed E-state index contributed by atoms with van der Waals surface area (Å²) < 4.78 is 5.59. The highest BCUT2D eigenvalue weighted by molar-refractivity contribution is 5.45. The maximum absolute atomic E-state index is 5.59. The van der Waals surface area contributed by atoms with Gasteiger partial charge in [-0.2, -0.15) is 0 Å². The Labute approximate surface area is 92.5 Å². The highest BCUT2D eigenvalue weighted by Gasteiger charge is 2.28. The van der Waals surface area contributed by atoms with Gasteiger partial charge in [-0.25, -0.2) is 0 Å². The van der Waals surface area contributed by atoms with Gasteiger partial charge in [0.1, 0.15) is 5.75 Å². The van der Waals surface area contributed by atoms with Crippen molar-refractivity contribution < 1.29 is 4.74 Å². The Bertz CT molecular complexity index is 352. The SMILES string of the molecule is [CH2]COc1cccc2c1CCCC2(C)C. The minimum atomic E-state index is 0.300.